The van der Waals surface area contributed by atoms with Crippen molar-refractivity contribution >= 4 is 11.6 Å². The van der Waals surface area contributed by atoms with Gasteiger partial charge in [-0.15, -0.1) is 0 Å². The van der Waals surface area contributed by atoms with Crippen LogP contribution in [0.25, 0.3) is 0 Å². The molecule has 0 fully saturated rings. The molecule has 1 atom stereocenters. The third kappa shape index (κ3) is 1.79. The van der Waals surface area contributed by atoms with Crippen molar-refractivity contribution < 1.29 is 4.79 Å². The van der Waals surface area contributed by atoms with E-state index < -0.39 is 0 Å². The van der Waals surface area contributed by atoms with E-state index in [2.05, 4.69) is 13.0 Å². The quantitative estimate of drug-likeness (QED) is 0.663. The Morgan fingerprint density at radius 1 is 1.56 bits per heavy atom. The van der Waals surface area contributed by atoms with Crippen molar-refractivity contribution in [1.29, 1.82) is 5.26 Å². The normalized spacial score (nSPS) is 18.8. The molecule has 16 heavy (non-hydrogen) atoms. The number of nitriles is 1. The third-order valence-electron chi connectivity index (χ3n) is 2.94. The van der Waals surface area contributed by atoms with Gasteiger partial charge >= 0.3 is 0 Å². The van der Waals surface area contributed by atoms with E-state index in [0.29, 0.717) is 11.5 Å². The lowest BCUT2D eigenvalue weighted by Gasteiger charge is -2.32. The zero-order valence-corrected chi connectivity index (χ0v) is 9.53. The summed E-state index contributed by atoms with van der Waals surface area (Å²) in [5, 5.41) is 8.85. The number of rotatable bonds is 0. The monoisotopic (exact) mass is 214 g/mol. The van der Waals surface area contributed by atoms with Gasteiger partial charge in [0.05, 0.1) is 11.6 Å². The highest BCUT2D eigenvalue weighted by molar-refractivity contribution is 5.93. The Kier molecular flexibility index (Phi) is 2.66. The average molecular weight is 214 g/mol. The number of hydrogen-bond donors (Lipinski definition) is 0. The number of anilines is 1. The molecule has 3 heteroatoms. The Hall–Kier alpha value is -1.82. The van der Waals surface area contributed by atoms with Crippen molar-refractivity contribution in [1.82, 2.24) is 0 Å². The Morgan fingerprint density at radius 2 is 2.31 bits per heavy atom. The van der Waals surface area contributed by atoms with E-state index in [0.717, 1.165) is 24.2 Å². The van der Waals surface area contributed by atoms with Crippen LogP contribution in [-0.4, -0.2) is 12.5 Å². The van der Waals surface area contributed by atoms with Crippen LogP contribution in [0, 0.1) is 17.2 Å². The maximum absolute atomic E-state index is 11.5. The molecule has 0 radical (unpaired) electrons. The predicted molar refractivity (Wildman–Crippen MR) is 62.1 cm³/mol. The maximum Gasteiger partial charge on any atom is 0.223 e. The predicted octanol–water partition coefficient (Wildman–Crippen LogP) is 2.10. The fourth-order valence-electron chi connectivity index (χ4n) is 2.23. The summed E-state index contributed by atoms with van der Waals surface area (Å²) in [5.74, 6) is 0.517. The second-order valence-corrected chi connectivity index (χ2v) is 4.39. The highest BCUT2D eigenvalue weighted by atomic mass is 16.2. The van der Waals surface area contributed by atoms with Crippen LogP contribution in [0.1, 0.15) is 25.0 Å². The van der Waals surface area contributed by atoms with Crippen LogP contribution >= 0.6 is 0 Å². The number of hydrogen-bond acceptors (Lipinski definition) is 2. The molecule has 0 bridgehead atoms. The zero-order valence-electron chi connectivity index (χ0n) is 9.53. The summed E-state index contributed by atoms with van der Waals surface area (Å²) >= 11 is 0. The maximum atomic E-state index is 11.5. The Balaban J connectivity index is 2.48. The topological polar surface area (TPSA) is 44.1 Å². The van der Waals surface area contributed by atoms with Crippen molar-refractivity contribution in [2.24, 2.45) is 5.92 Å². The van der Waals surface area contributed by atoms with E-state index in [1.165, 1.54) is 0 Å². The fraction of sp³-hybridized carbons (Fsp3) is 0.385. The van der Waals surface area contributed by atoms with E-state index in [-0.39, 0.29) is 5.91 Å². The van der Waals surface area contributed by atoms with Crippen LogP contribution in [0.2, 0.25) is 0 Å². The van der Waals surface area contributed by atoms with Crippen LogP contribution in [0.4, 0.5) is 5.69 Å². The Bertz CT molecular complexity index is 473. The van der Waals surface area contributed by atoms with Gasteiger partial charge in [0.15, 0.2) is 0 Å². The first-order valence-electron chi connectivity index (χ1n) is 5.43. The summed E-state index contributed by atoms with van der Waals surface area (Å²) in [4.78, 5) is 13.3. The van der Waals surface area contributed by atoms with Crippen molar-refractivity contribution in [3.63, 3.8) is 0 Å². The number of nitrogens with zero attached hydrogens (tertiary/aromatic N) is 2. The molecule has 1 aromatic carbocycles. The van der Waals surface area contributed by atoms with E-state index in [1.54, 1.807) is 17.9 Å². The highest BCUT2D eigenvalue weighted by Gasteiger charge is 2.24. The second kappa shape index (κ2) is 3.97. The van der Waals surface area contributed by atoms with Crippen LogP contribution < -0.4 is 4.90 Å². The summed E-state index contributed by atoms with van der Waals surface area (Å²) in [6.07, 6.45) is 0.939. The van der Waals surface area contributed by atoms with Gasteiger partial charge < -0.3 is 4.90 Å². The van der Waals surface area contributed by atoms with Crippen LogP contribution in [0.5, 0.6) is 0 Å². The molecule has 1 heterocycles. The Morgan fingerprint density at radius 3 is 2.94 bits per heavy atom. The summed E-state index contributed by atoms with van der Waals surface area (Å²) in [5.41, 5.74) is 2.73. The summed E-state index contributed by atoms with van der Waals surface area (Å²) < 4.78 is 0. The molecule has 82 valence electrons. The molecule has 0 aliphatic carbocycles. The molecule has 0 saturated heterocycles. The molecule has 1 amide bonds. The van der Waals surface area contributed by atoms with Crippen molar-refractivity contribution in [3.8, 4) is 6.07 Å². The standard InChI is InChI=1S/C13H14N2O/c1-9-5-12-6-11(7-14)3-4-13(12)15(8-9)10(2)16/h3-4,6,9H,5,8H2,1-2H3. The van der Waals surface area contributed by atoms with Crippen molar-refractivity contribution in [3.05, 3.63) is 29.3 Å². The fourth-order valence-corrected chi connectivity index (χ4v) is 2.23. The Labute approximate surface area is 95.3 Å². The molecule has 0 spiro atoms. The van der Waals surface area contributed by atoms with E-state index in [1.807, 2.05) is 12.1 Å². The molecule has 0 saturated carbocycles. The molecule has 1 unspecified atom stereocenters. The first-order valence-corrected chi connectivity index (χ1v) is 5.43. The lowest BCUT2D eigenvalue weighted by atomic mass is 9.92. The number of benzene rings is 1. The SMILES string of the molecule is CC(=O)N1CC(C)Cc2cc(C#N)ccc21. The second-order valence-electron chi connectivity index (χ2n) is 4.39. The lowest BCUT2D eigenvalue weighted by molar-refractivity contribution is -0.116. The van der Waals surface area contributed by atoms with Gasteiger partial charge in [-0.1, -0.05) is 6.92 Å². The van der Waals surface area contributed by atoms with Gasteiger partial charge in [-0.25, -0.2) is 0 Å². The van der Waals surface area contributed by atoms with Gasteiger partial charge in [0.2, 0.25) is 5.91 Å². The smallest absolute Gasteiger partial charge is 0.223 e. The summed E-state index contributed by atoms with van der Waals surface area (Å²) in [6, 6.07) is 7.67. The van der Waals surface area contributed by atoms with E-state index in [9.17, 15) is 4.79 Å². The average Bonchev–Trinajstić information content (AvgIpc) is 2.26. The minimum Gasteiger partial charge on any atom is -0.312 e. The van der Waals surface area contributed by atoms with E-state index in [4.69, 9.17) is 5.26 Å². The molecule has 0 aromatic heterocycles. The van der Waals surface area contributed by atoms with E-state index >= 15 is 0 Å². The first-order chi connectivity index (χ1) is 7.61. The van der Waals surface area contributed by atoms with Crippen LogP contribution in [-0.2, 0) is 11.2 Å². The molecule has 3 nitrogen and oxygen atoms in total. The highest BCUT2D eigenvalue weighted by Crippen LogP contribution is 2.30. The van der Waals surface area contributed by atoms with Crippen molar-refractivity contribution in [2.75, 3.05) is 11.4 Å². The molecule has 1 aromatic rings. The van der Waals surface area contributed by atoms with Crippen LogP contribution in [0.3, 0.4) is 0 Å². The van der Waals surface area contributed by atoms with Gasteiger partial charge in [-0.2, -0.15) is 5.26 Å². The van der Waals surface area contributed by atoms with Gasteiger partial charge in [-0.05, 0) is 36.1 Å². The number of amides is 1. The molecular weight excluding hydrogens is 200 g/mol. The number of fused-ring (bicyclic) bond motifs is 1. The van der Waals surface area contributed by atoms with Gasteiger partial charge in [0.25, 0.3) is 0 Å². The number of carbonyl (C=O) groups excluding carboxylic acids is 1. The minimum atomic E-state index is 0.0671. The van der Waals surface area contributed by atoms with Gasteiger partial charge in [0.1, 0.15) is 0 Å². The minimum absolute atomic E-state index is 0.0671. The lowest BCUT2D eigenvalue weighted by Crippen LogP contribution is -2.37. The largest absolute Gasteiger partial charge is 0.312 e. The molecule has 1 aliphatic rings. The molecule has 1 aliphatic heterocycles. The number of carbonyl (C=O) groups is 1. The summed E-state index contributed by atoms with van der Waals surface area (Å²) in [6.45, 7) is 4.48. The van der Waals surface area contributed by atoms with Crippen LogP contribution in [0.15, 0.2) is 18.2 Å². The zero-order chi connectivity index (χ0) is 11.7. The first kappa shape index (κ1) is 10.7. The van der Waals surface area contributed by atoms with Crippen molar-refractivity contribution in [2.45, 2.75) is 20.3 Å². The molecule has 0 N–H and O–H groups in total. The molecular formula is C13H14N2O. The molecule has 2 rings (SSSR count). The van der Waals surface area contributed by atoms with Gasteiger partial charge in [0, 0.05) is 19.2 Å². The van der Waals surface area contributed by atoms with Gasteiger partial charge in [-0.3, -0.25) is 4.79 Å². The third-order valence-corrected chi connectivity index (χ3v) is 2.94. The summed E-state index contributed by atoms with van der Waals surface area (Å²) in [7, 11) is 0.